The average molecular weight is 291 g/mol. The summed E-state index contributed by atoms with van der Waals surface area (Å²) in [5.41, 5.74) is 1.16. The molecule has 0 aliphatic heterocycles. The number of fused-ring (bicyclic) bond motifs is 2. The Balaban J connectivity index is 1.69. The first-order valence-corrected chi connectivity index (χ1v) is 7.67. The van der Waals surface area contributed by atoms with Crippen LogP contribution in [-0.2, 0) is 16.1 Å². The van der Waals surface area contributed by atoms with Crippen LogP contribution in [0.1, 0.15) is 16.9 Å². The number of allylic oxidation sites excluding steroid dienone is 2. The van der Waals surface area contributed by atoms with Gasteiger partial charge in [-0.25, -0.2) is 0 Å². The molecule has 3 rings (SSSR count). The van der Waals surface area contributed by atoms with Gasteiger partial charge in [0, 0.05) is 4.88 Å². The van der Waals surface area contributed by atoms with Crippen LogP contribution in [0.15, 0.2) is 23.6 Å². The fraction of sp³-hybridized carbons (Fsp3) is 0.467. The lowest BCUT2D eigenvalue weighted by Crippen LogP contribution is -2.39. The van der Waals surface area contributed by atoms with E-state index in [4.69, 9.17) is 0 Å². The second-order valence-electron chi connectivity index (χ2n) is 5.58. The number of amides is 1. The van der Waals surface area contributed by atoms with Gasteiger partial charge in [0.1, 0.15) is 0 Å². The predicted molar refractivity (Wildman–Crippen MR) is 76.3 cm³/mol. The zero-order valence-electron chi connectivity index (χ0n) is 11.2. The molecule has 1 fully saturated rings. The van der Waals surface area contributed by atoms with E-state index in [0.717, 1.165) is 16.9 Å². The number of carbonyl (C=O) groups is 2. The second kappa shape index (κ2) is 5.05. The predicted octanol–water partition coefficient (Wildman–Crippen LogP) is 2.20. The van der Waals surface area contributed by atoms with Crippen molar-refractivity contribution < 1.29 is 14.7 Å². The summed E-state index contributed by atoms with van der Waals surface area (Å²) in [6.45, 7) is 2.50. The zero-order chi connectivity index (χ0) is 14.3. The highest BCUT2D eigenvalue weighted by molar-refractivity contribution is 7.10. The standard InChI is InChI=1S/C15H17NO3S/c1-8-4-5-20-11(8)7-16-14(17)12-9-2-3-10(6-9)13(12)15(18)19/h2-5,9-10,12-13H,6-7H2,1H3,(H,16,17)(H,18,19)/t9-,10-,12+,13+/m0/s1. The summed E-state index contributed by atoms with van der Waals surface area (Å²) in [7, 11) is 0. The SMILES string of the molecule is Cc1ccsc1CNC(=O)[C@H]1[C@H](C(=O)O)[C@H]2C=C[C@H]1C2. The van der Waals surface area contributed by atoms with Crippen molar-refractivity contribution in [2.45, 2.75) is 19.9 Å². The van der Waals surface area contributed by atoms with Crippen molar-refractivity contribution >= 4 is 23.2 Å². The normalized spacial score (nSPS) is 30.6. The minimum Gasteiger partial charge on any atom is -0.481 e. The first-order valence-electron chi connectivity index (χ1n) is 6.79. The maximum absolute atomic E-state index is 12.4. The minimum absolute atomic E-state index is 0.0247. The van der Waals surface area contributed by atoms with Crippen LogP contribution in [0.5, 0.6) is 0 Å². The molecule has 0 saturated heterocycles. The van der Waals surface area contributed by atoms with E-state index in [1.54, 1.807) is 11.3 Å². The molecule has 2 bridgehead atoms. The van der Waals surface area contributed by atoms with Gasteiger partial charge in [0.15, 0.2) is 0 Å². The largest absolute Gasteiger partial charge is 0.481 e. The van der Waals surface area contributed by atoms with Gasteiger partial charge in [0.25, 0.3) is 0 Å². The summed E-state index contributed by atoms with van der Waals surface area (Å²) < 4.78 is 0. The molecule has 1 amide bonds. The van der Waals surface area contributed by atoms with Crippen LogP contribution in [0.4, 0.5) is 0 Å². The molecule has 4 nitrogen and oxygen atoms in total. The molecule has 20 heavy (non-hydrogen) atoms. The van der Waals surface area contributed by atoms with E-state index in [0.29, 0.717) is 6.54 Å². The highest BCUT2D eigenvalue weighted by Gasteiger charge is 2.51. The Morgan fingerprint density at radius 1 is 1.35 bits per heavy atom. The number of carboxylic acids is 1. The number of rotatable bonds is 4. The Morgan fingerprint density at radius 2 is 2.05 bits per heavy atom. The van der Waals surface area contributed by atoms with Gasteiger partial charge in [-0.15, -0.1) is 11.3 Å². The summed E-state index contributed by atoms with van der Waals surface area (Å²) in [6, 6.07) is 2.02. The van der Waals surface area contributed by atoms with Crippen molar-refractivity contribution in [3.05, 3.63) is 34.0 Å². The molecule has 2 aliphatic carbocycles. The number of aryl methyl sites for hydroxylation is 1. The van der Waals surface area contributed by atoms with Crippen LogP contribution < -0.4 is 5.32 Å². The third-order valence-corrected chi connectivity index (χ3v) is 5.46. The molecule has 1 aromatic heterocycles. The Kier molecular flexibility index (Phi) is 3.38. The van der Waals surface area contributed by atoms with E-state index in [-0.39, 0.29) is 17.7 Å². The van der Waals surface area contributed by atoms with Crippen molar-refractivity contribution in [1.29, 1.82) is 0 Å². The van der Waals surface area contributed by atoms with Gasteiger partial charge in [-0.2, -0.15) is 0 Å². The molecule has 2 aliphatic rings. The Morgan fingerprint density at radius 3 is 2.65 bits per heavy atom. The third-order valence-electron chi connectivity index (χ3n) is 4.44. The summed E-state index contributed by atoms with van der Waals surface area (Å²) in [5, 5.41) is 14.2. The molecule has 1 aromatic rings. The average Bonchev–Trinajstić information content (AvgIpc) is 3.10. The maximum atomic E-state index is 12.4. The van der Waals surface area contributed by atoms with E-state index in [9.17, 15) is 14.7 Å². The van der Waals surface area contributed by atoms with Crippen molar-refractivity contribution in [2.24, 2.45) is 23.7 Å². The van der Waals surface area contributed by atoms with Crippen molar-refractivity contribution in [2.75, 3.05) is 0 Å². The highest BCUT2D eigenvalue weighted by Crippen LogP contribution is 2.48. The maximum Gasteiger partial charge on any atom is 0.307 e. The monoisotopic (exact) mass is 291 g/mol. The molecular formula is C15H17NO3S. The molecule has 106 valence electrons. The van der Waals surface area contributed by atoms with Gasteiger partial charge in [0.2, 0.25) is 5.91 Å². The third kappa shape index (κ3) is 2.16. The van der Waals surface area contributed by atoms with Gasteiger partial charge in [-0.05, 0) is 42.2 Å². The zero-order valence-corrected chi connectivity index (χ0v) is 12.0. The Hall–Kier alpha value is -1.62. The Labute approximate surface area is 121 Å². The van der Waals surface area contributed by atoms with E-state index in [1.165, 1.54) is 0 Å². The molecule has 1 heterocycles. The van der Waals surface area contributed by atoms with Gasteiger partial charge in [0.05, 0.1) is 18.4 Å². The van der Waals surface area contributed by atoms with Crippen molar-refractivity contribution in [3.8, 4) is 0 Å². The molecule has 5 heteroatoms. The molecule has 4 atom stereocenters. The highest BCUT2D eigenvalue weighted by atomic mass is 32.1. The fourth-order valence-corrected chi connectivity index (χ4v) is 4.23. The quantitative estimate of drug-likeness (QED) is 0.836. The lowest BCUT2D eigenvalue weighted by Gasteiger charge is -2.23. The van der Waals surface area contributed by atoms with Crippen LogP contribution in [0.2, 0.25) is 0 Å². The summed E-state index contributed by atoms with van der Waals surface area (Å²) in [5.74, 6) is -1.84. The van der Waals surface area contributed by atoms with E-state index < -0.39 is 17.8 Å². The van der Waals surface area contributed by atoms with E-state index in [2.05, 4.69) is 5.32 Å². The molecule has 2 N–H and O–H groups in total. The topological polar surface area (TPSA) is 66.4 Å². The number of aliphatic carboxylic acids is 1. The van der Waals surface area contributed by atoms with Gasteiger partial charge in [-0.1, -0.05) is 12.2 Å². The van der Waals surface area contributed by atoms with Crippen molar-refractivity contribution in [3.63, 3.8) is 0 Å². The lowest BCUT2D eigenvalue weighted by molar-refractivity contribution is -0.147. The molecule has 1 saturated carbocycles. The number of carbonyl (C=O) groups excluding carboxylic acids is 1. The van der Waals surface area contributed by atoms with Crippen LogP contribution in [0.3, 0.4) is 0 Å². The minimum atomic E-state index is -0.852. The lowest BCUT2D eigenvalue weighted by atomic mass is 9.82. The number of hydrogen-bond acceptors (Lipinski definition) is 3. The van der Waals surface area contributed by atoms with Crippen LogP contribution >= 0.6 is 11.3 Å². The molecule has 0 spiro atoms. The van der Waals surface area contributed by atoms with Gasteiger partial charge < -0.3 is 10.4 Å². The number of hydrogen-bond donors (Lipinski definition) is 2. The number of nitrogens with one attached hydrogen (secondary N) is 1. The molecule has 0 unspecified atom stereocenters. The first kappa shape index (κ1) is 13.4. The van der Waals surface area contributed by atoms with E-state index in [1.807, 2.05) is 30.5 Å². The van der Waals surface area contributed by atoms with Gasteiger partial charge in [-0.3, -0.25) is 9.59 Å². The van der Waals surface area contributed by atoms with Crippen molar-refractivity contribution in [1.82, 2.24) is 5.32 Å². The molecule has 0 radical (unpaired) electrons. The fourth-order valence-electron chi connectivity index (χ4n) is 3.39. The van der Waals surface area contributed by atoms with Crippen LogP contribution in [-0.4, -0.2) is 17.0 Å². The number of carboxylic acid groups (broad SMARTS) is 1. The van der Waals surface area contributed by atoms with Crippen LogP contribution in [0.25, 0.3) is 0 Å². The van der Waals surface area contributed by atoms with Crippen LogP contribution in [0, 0.1) is 30.6 Å². The first-order chi connectivity index (χ1) is 9.58. The molecule has 0 aromatic carbocycles. The summed E-state index contributed by atoms with van der Waals surface area (Å²) in [6.07, 6.45) is 4.76. The molecular weight excluding hydrogens is 274 g/mol. The number of thiophene rings is 1. The summed E-state index contributed by atoms with van der Waals surface area (Å²) in [4.78, 5) is 24.9. The Bertz CT molecular complexity index is 577. The second-order valence-corrected chi connectivity index (χ2v) is 6.58. The van der Waals surface area contributed by atoms with Gasteiger partial charge >= 0.3 is 5.97 Å². The summed E-state index contributed by atoms with van der Waals surface area (Å²) >= 11 is 1.61. The van der Waals surface area contributed by atoms with E-state index >= 15 is 0 Å². The smallest absolute Gasteiger partial charge is 0.307 e.